The fourth-order valence-corrected chi connectivity index (χ4v) is 11.9. The van der Waals surface area contributed by atoms with Crippen LogP contribution in [0.3, 0.4) is 0 Å². The van der Waals surface area contributed by atoms with Crippen molar-refractivity contribution in [3.8, 4) is 17.1 Å². The maximum Gasteiger partial charge on any atom is 0.165 e. The molecular weight excluding hydrogens is 691 g/mol. The first-order chi connectivity index (χ1) is 25.8. The molecule has 8 aromatic carbocycles. The molecule has 0 saturated carbocycles. The first-order valence-corrected chi connectivity index (χ1v) is 19.8. The lowest BCUT2D eigenvalue weighted by atomic mass is 9.96. The van der Waals surface area contributed by atoms with Gasteiger partial charge in [-0.25, -0.2) is 9.97 Å². The van der Waals surface area contributed by atoms with Crippen LogP contribution in [0.25, 0.3) is 91.6 Å². The smallest absolute Gasteiger partial charge is 0.165 e. The molecule has 11 aromatic rings. The fourth-order valence-electron chi connectivity index (χ4n) is 8.22. The molecule has 1 aliphatic heterocycles. The molecule has 0 fully saturated rings. The molecule has 0 unspecified atom stereocenters. The summed E-state index contributed by atoms with van der Waals surface area (Å²) in [5.41, 5.74) is 6.06. The van der Waals surface area contributed by atoms with Gasteiger partial charge in [0, 0.05) is 51.4 Å². The zero-order chi connectivity index (χ0) is 33.9. The topological polar surface area (TPSA) is 30.7 Å². The third-order valence-corrected chi connectivity index (χ3v) is 14.2. The van der Waals surface area contributed by atoms with E-state index >= 15 is 0 Å². The third kappa shape index (κ3) is 4.00. The molecule has 6 heteroatoms. The van der Waals surface area contributed by atoms with E-state index in [1.807, 2.05) is 34.9 Å². The van der Waals surface area contributed by atoms with Crippen molar-refractivity contribution in [1.82, 2.24) is 14.5 Å². The van der Waals surface area contributed by atoms with E-state index in [2.05, 4.69) is 156 Å². The van der Waals surface area contributed by atoms with Crippen LogP contribution >= 0.6 is 34.9 Å². The van der Waals surface area contributed by atoms with Crippen LogP contribution in [0.4, 0.5) is 0 Å². The van der Waals surface area contributed by atoms with Crippen LogP contribution in [-0.4, -0.2) is 14.5 Å². The van der Waals surface area contributed by atoms with Gasteiger partial charge >= 0.3 is 0 Å². The molecule has 0 radical (unpaired) electrons. The van der Waals surface area contributed by atoms with Gasteiger partial charge < -0.3 is 0 Å². The molecule has 0 atom stereocenters. The van der Waals surface area contributed by atoms with Crippen molar-refractivity contribution in [3.63, 3.8) is 0 Å². The summed E-state index contributed by atoms with van der Waals surface area (Å²) in [5, 5.41) is 10.2. The Morgan fingerprint density at radius 2 is 1.12 bits per heavy atom. The van der Waals surface area contributed by atoms with Crippen molar-refractivity contribution < 1.29 is 0 Å². The summed E-state index contributed by atoms with van der Waals surface area (Å²) in [6.07, 6.45) is 0. The van der Waals surface area contributed by atoms with Gasteiger partial charge in [-0.15, -0.1) is 11.3 Å². The monoisotopic (exact) mass is 715 g/mol. The van der Waals surface area contributed by atoms with Crippen LogP contribution < -0.4 is 0 Å². The number of benzene rings is 8. The average molecular weight is 716 g/mol. The predicted octanol–water partition coefficient (Wildman–Crippen LogP) is 13.7. The number of hydrogen-bond acceptors (Lipinski definition) is 5. The Morgan fingerprint density at radius 1 is 0.462 bits per heavy atom. The van der Waals surface area contributed by atoms with Crippen LogP contribution in [0, 0.1) is 0 Å². The van der Waals surface area contributed by atoms with Crippen molar-refractivity contribution >= 4 is 109 Å². The molecule has 0 amide bonds. The molecule has 0 saturated heterocycles. The molecule has 4 heterocycles. The van der Waals surface area contributed by atoms with E-state index in [0.29, 0.717) is 0 Å². The van der Waals surface area contributed by atoms with Crippen LogP contribution in [0.2, 0.25) is 0 Å². The highest BCUT2D eigenvalue weighted by Crippen LogP contribution is 2.53. The number of thiophene rings is 1. The number of rotatable bonds is 2. The highest BCUT2D eigenvalue weighted by Gasteiger charge is 2.28. The number of fused-ring (bicyclic) bond motifs is 15. The van der Waals surface area contributed by atoms with Crippen LogP contribution in [0.5, 0.6) is 0 Å². The zero-order valence-electron chi connectivity index (χ0n) is 27.5. The van der Waals surface area contributed by atoms with E-state index in [1.165, 1.54) is 77.6 Å². The van der Waals surface area contributed by atoms with Crippen molar-refractivity contribution in [2.45, 2.75) is 19.6 Å². The van der Waals surface area contributed by atoms with Gasteiger partial charge in [-0.05, 0) is 64.0 Å². The number of para-hydroxylation sites is 3. The summed E-state index contributed by atoms with van der Waals surface area (Å²) in [6.45, 7) is 0. The van der Waals surface area contributed by atoms with Gasteiger partial charge in [-0.2, -0.15) is 0 Å². The van der Waals surface area contributed by atoms with E-state index in [0.717, 1.165) is 33.6 Å². The standard InChI is InChI=1S/C46H25N3S3/c1-2-13-27-26(12-1)24-25-37-40(27)41-29-15-4-3-14-28(29)39-30-16-5-8-20-34(30)49(43(39)45(41)52-37)46-42(47-32-18-6-7-19-33(32)48-46)31-17-11-23-38-44(31)51-36-22-10-9-21-35(36)50-38/h1-25H. The molecule has 0 N–H and O–H groups in total. The lowest BCUT2D eigenvalue weighted by Gasteiger charge is -2.22. The Kier molecular flexibility index (Phi) is 6.09. The van der Waals surface area contributed by atoms with Gasteiger partial charge in [0.2, 0.25) is 0 Å². The summed E-state index contributed by atoms with van der Waals surface area (Å²) in [5.74, 6) is 0.849. The first-order valence-electron chi connectivity index (χ1n) is 17.3. The lowest BCUT2D eigenvalue weighted by Crippen LogP contribution is -2.05. The summed E-state index contributed by atoms with van der Waals surface area (Å²) in [4.78, 5) is 16.1. The van der Waals surface area contributed by atoms with Gasteiger partial charge in [0.1, 0.15) is 5.69 Å². The van der Waals surface area contributed by atoms with Crippen molar-refractivity contribution in [1.29, 1.82) is 0 Å². The van der Waals surface area contributed by atoms with Gasteiger partial charge in [-0.1, -0.05) is 133 Å². The van der Waals surface area contributed by atoms with E-state index < -0.39 is 0 Å². The van der Waals surface area contributed by atoms with Crippen LogP contribution in [0.1, 0.15) is 0 Å². The minimum absolute atomic E-state index is 0.849. The fraction of sp³-hybridized carbons (Fsp3) is 0. The molecule has 242 valence electrons. The highest BCUT2D eigenvalue weighted by atomic mass is 32.2. The highest BCUT2D eigenvalue weighted by molar-refractivity contribution is 8.05. The number of nitrogens with zero attached hydrogens (tertiary/aromatic N) is 3. The Balaban J connectivity index is 1.28. The van der Waals surface area contributed by atoms with E-state index in [1.54, 1.807) is 0 Å². The second kappa shape index (κ2) is 10.9. The van der Waals surface area contributed by atoms with E-state index in [9.17, 15) is 0 Å². The zero-order valence-corrected chi connectivity index (χ0v) is 29.9. The summed E-state index contributed by atoms with van der Waals surface area (Å²) < 4.78 is 4.99. The molecule has 52 heavy (non-hydrogen) atoms. The second-order valence-corrected chi connectivity index (χ2v) is 16.4. The first kappa shape index (κ1) is 29.0. The summed E-state index contributed by atoms with van der Waals surface area (Å²) in [7, 11) is 0. The Labute approximate surface area is 310 Å². The molecular formula is C46H25N3S3. The maximum absolute atomic E-state index is 5.57. The third-order valence-electron chi connectivity index (χ3n) is 10.4. The molecule has 3 nitrogen and oxygen atoms in total. The van der Waals surface area contributed by atoms with E-state index in [-0.39, 0.29) is 0 Å². The average Bonchev–Trinajstić information content (AvgIpc) is 3.77. The lowest BCUT2D eigenvalue weighted by molar-refractivity contribution is 1.07. The second-order valence-electron chi connectivity index (χ2n) is 13.3. The van der Waals surface area contributed by atoms with Gasteiger partial charge in [0.25, 0.3) is 0 Å². The van der Waals surface area contributed by atoms with Crippen LogP contribution in [-0.2, 0) is 0 Å². The Hall–Kier alpha value is -5.66. The summed E-state index contributed by atoms with van der Waals surface area (Å²) >= 11 is 5.56. The number of hydrogen-bond donors (Lipinski definition) is 0. The van der Waals surface area contributed by atoms with Gasteiger partial charge in [-0.3, -0.25) is 4.57 Å². The minimum Gasteiger partial charge on any atom is -0.290 e. The van der Waals surface area contributed by atoms with Crippen LogP contribution in [0.15, 0.2) is 171 Å². The minimum atomic E-state index is 0.849. The van der Waals surface area contributed by atoms with Gasteiger partial charge in [0.15, 0.2) is 5.82 Å². The summed E-state index contributed by atoms with van der Waals surface area (Å²) in [6, 6.07) is 54.8. The number of aromatic nitrogens is 3. The molecule has 3 aromatic heterocycles. The Bertz CT molecular complexity index is 3320. The molecule has 12 rings (SSSR count). The predicted molar refractivity (Wildman–Crippen MR) is 222 cm³/mol. The normalized spacial score (nSPS) is 12.8. The molecule has 0 aliphatic carbocycles. The maximum atomic E-state index is 5.57. The van der Waals surface area contributed by atoms with Crippen molar-refractivity contribution in [3.05, 3.63) is 152 Å². The SMILES string of the molecule is c1ccc2c(c1)Sc1cccc(-c3nc4ccccc4nc3-n3c4ccccc4c4c5ccccc5c5c(sc6ccc7ccccc7c65)c43)c1S2. The van der Waals surface area contributed by atoms with Crippen molar-refractivity contribution in [2.24, 2.45) is 0 Å². The Morgan fingerprint density at radius 3 is 1.96 bits per heavy atom. The molecule has 0 spiro atoms. The van der Waals surface area contributed by atoms with Crippen molar-refractivity contribution in [2.75, 3.05) is 0 Å². The molecule has 0 bridgehead atoms. The van der Waals surface area contributed by atoms with Gasteiger partial charge in [0.05, 0.1) is 26.8 Å². The van der Waals surface area contributed by atoms with E-state index in [4.69, 9.17) is 9.97 Å². The quantitative estimate of drug-likeness (QED) is 0.178. The largest absolute Gasteiger partial charge is 0.290 e. The molecule has 1 aliphatic rings.